The maximum Gasteiger partial charge on any atom is 0.306 e. The number of rotatable bonds is 9. The van der Waals surface area contributed by atoms with Crippen molar-refractivity contribution < 1.29 is 9.53 Å². The Morgan fingerprint density at radius 2 is 1.75 bits per heavy atom. The topological polar surface area (TPSA) is 57.9 Å². The molecule has 4 aliphatic rings. The minimum absolute atomic E-state index is 0.0140. The van der Waals surface area contributed by atoms with Crippen molar-refractivity contribution in [3.8, 4) is 0 Å². The molecule has 4 nitrogen and oxygen atoms in total. The number of carbonyl (C=O) groups is 1. The summed E-state index contributed by atoms with van der Waals surface area (Å²) in [4.78, 5) is 12.5. The van der Waals surface area contributed by atoms with Gasteiger partial charge in [0.05, 0.1) is 6.42 Å². The van der Waals surface area contributed by atoms with E-state index in [4.69, 9.17) is 4.74 Å². The summed E-state index contributed by atoms with van der Waals surface area (Å²) < 4.78 is 6.00. The lowest BCUT2D eigenvalue weighted by atomic mass is 9.44. The highest BCUT2D eigenvalue weighted by Gasteiger charge is 2.60. The number of aromatic amines is 2. The molecule has 0 amide bonds. The third-order valence-corrected chi connectivity index (χ3v) is 12.2. The first-order chi connectivity index (χ1) is 17.2. The first kappa shape index (κ1) is 26.4. The fourth-order valence-electron chi connectivity index (χ4n) is 10.1. The molecule has 1 heterocycles. The molecule has 0 bridgehead atoms. The molecule has 5 unspecified atom stereocenters. The molecule has 4 aliphatic carbocycles. The summed E-state index contributed by atoms with van der Waals surface area (Å²) in [6, 6.07) is 0. The van der Waals surface area contributed by atoms with Crippen LogP contribution in [-0.2, 0) is 16.0 Å². The molecular weight excluding hydrogens is 444 g/mol. The number of nitrogens with one attached hydrogen (secondary N) is 2. The molecule has 0 radical (unpaired) electrons. The van der Waals surface area contributed by atoms with Crippen LogP contribution < -0.4 is 0 Å². The van der Waals surface area contributed by atoms with E-state index in [-0.39, 0.29) is 12.1 Å². The van der Waals surface area contributed by atoms with E-state index in [1.807, 2.05) is 6.20 Å². The third kappa shape index (κ3) is 4.96. The maximum atomic E-state index is 12.5. The molecule has 9 atom stereocenters. The van der Waals surface area contributed by atoms with Gasteiger partial charge in [-0.1, -0.05) is 53.9 Å². The van der Waals surface area contributed by atoms with Crippen LogP contribution in [0.4, 0.5) is 0 Å². The number of aryl methyl sites for hydroxylation is 1. The standard InChI is InChI=1S/C32H54N2O2/c1-21(2)7-6-8-22(3)27-12-13-28-26-11-9-23-19-25(36-30(35)14-10-24-20-33-34-24)15-17-31(23,4)29(26)16-18-32(27,28)5/h20-23,25-29,33-34H,6-19H2,1-5H3/t22-,23?,25?,26?,27-,28?,29?,31+,32-/m1/s1. The lowest BCUT2D eigenvalue weighted by Crippen LogP contribution is -2.54. The molecule has 4 heteroatoms. The summed E-state index contributed by atoms with van der Waals surface area (Å²) in [6.07, 6.45) is 19.6. The molecule has 0 aliphatic heterocycles. The highest BCUT2D eigenvalue weighted by molar-refractivity contribution is 5.69. The summed E-state index contributed by atoms with van der Waals surface area (Å²) in [5, 5.41) is 5.91. The number of hydrogen-bond donors (Lipinski definition) is 2. The van der Waals surface area contributed by atoms with Crippen molar-refractivity contribution >= 4 is 5.97 Å². The van der Waals surface area contributed by atoms with Crippen molar-refractivity contribution in [2.24, 2.45) is 52.3 Å². The monoisotopic (exact) mass is 498 g/mol. The van der Waals surface area contributed by atoms with Crippen LogP contribution in [-0.4, -0.2) is 22.3 Å². The van der Waals surface area contributed by atoms with E-state index >= 15 is 0 Å². The van der Waals surface area contributed by atoms with Gasteiger partial charge in [-0.3, -0.25) is 4.79 Å². The smallest absolute Gasteiger partial charge is 0.306 e. The van der Waals surface area contributed by atoms with E-state index in [0.717, 1.165) is 66.4 Å². The van der Waals surface area contributed by atoms with Crippen molar-refractivity contribution in [1.29, 1.82) is 0 Å². The second-order valence-electron chi connectivity index (χ2n) is 14.5. The number of aromatic nitrogens is 2. The van der Waals surface area contributed by atoms with Gasteiger partial charge >= 0.3 is 5.97 Å². The largest absolute Gasteiger partial charge is 0.462 e. The Morgan fingerprint density at radius 3 is 2.47 bits per heavy atom. The van der Waals surface area contributed by atoms with Gasteiger partial charge in [0.25, 0.3) is 0 Å². The van der Waals surface area contributed by atoms with Gasteiger partial charge in [0, 0.05) is 18.3 Å². The molecule has 1 aromatic rings. The fraction of sp³-hybridized carbons (Fsp3) is 0.906. The van der Waals surface area contributed by atoms with Gasteiger partial charge in [-0.2, -0.15) is 0 Å². The molecule has 4 saturated carbocycles. The van der Waals surface area contributed by atoms with Crippen molar-refractivity contribution in [2.45, 2.75) is 131 Å². The van der Waals surface area contributed by atoms with Crippen LogP contribution in [0.5, 0.6) is 0 Å². The van der Waals surface area contributed by atoms with E-state index < -0.39 is 0 Å². The van der Waals surface area contributed by atoms with Crippen LogP contribution in [0, 0.1) is 52.3 Å². The molecule has 204 valence electrons. The zero-order valence-electron chi connectivity index (χ0n) is 23.9. The molecule has 1 aromatic heterocycles. The molecular formula is C32H54N2O2. The van der Waals surface area contributed by atoms with Gasteiger partial charge in [-0.15, -0.1) is 0 Å². The predicted octanol–water partition coefficient (Wildman–Crippen LogP) is 8.31. The zero-order chi connectivity index (χ0) is 25.5. The Hall–Kier alpha value is -1.19. The first-order valence-corrected chi connectivity index (χ1v) is 15.6. The zero-order valence-corrected chi connectivity index (χ0v) is 23.9. The Kier molecular flexibility index (Phi) is 7.72. The lowest BCUT2D eigenvalue weighted by Gasteiger charge is -2.61. The van der Waals surface area contributed by atoms with Crippen LogP contribution in [0.2, 0.25) is 0 Å². The van der Waals surface area contributed by atoms with Gasteiger partial charge in [0.15, 0.2) is 0 Å². The van der Waals surface area contributed by atoms with Crippen molar-refractivity contribution in [1.82, 2.24) is 10.2 Å². The molecule has 0 saturated heterocycles. The van der Waals surface area contributed by atoms with Crippen LogP contribution in [0.1, 0.15) is 124 Å². The van der Waals surface area contributed by atoms with Gasteiger partial charge in [0.1, 0.15) is 6.10 Å². The lowest BCUT2D eigenvalue weighted by molar-refractivity contribution is -0.162. The fourth-order valence-corrected chi connectivity index (χ4v) is 10.1. The van der Waals surface area contributed by atoms with Crippen LogP contribution in [0.25, 0.3) is 0 Å². The second-order valence-corrected chi connectivity index (χ2v) is 14.5. The Balaban J connectivity index is 1.18. The van der Waals surface area contributed by atoms with Gasteiger partial charge in [-0.25, -0.2) is 0 Å². The van der Waals surface area contributed by atoms with Gasteiger partial charge < -0.3 is 14.9 Å². The minimum atomic E-state index is -0.0140. The van der Waals surface area contributed by atoms with Crippen molar-refractivity contribution in [3.05, 3.63) is 11.9 Å². The highest BCUT2D eigenvalue weighted by atomic mass is 16.5. The molecule has 36 heavy (non-hydrogen) atoms. The maximum absolute atomic E-state index is 12.5. The van der Waals surface area contributed by atoms with E-state index in [2.05, 4.69) is 44.8 Å². The van der Waals surface area contributed by atoms with Crippen LogP contribution >= 0.6 is 0 Å². The summed E-state index contributed by atoms with van der Waals surface area (Å²) in [7, 11) is 0. The number of fused-ring (bicyclic) bond motifs is 5. The predicted molar refractivity (Wildman–Crippen MR) is 146 cm³/mol. The van der Waals surface area contributed by atoms with Crippen LogP contribution in [0.15, 0.2) is 6.20 Å². The Labute approximate surface area is 220 Å². The Morgan fingerprint density at radius 1 is 1.00 bits per heavy atom. The minimum Gasteiger partial charge on any atom is -0.462 e. The van der Waals surface area contributed by atoms with Gasteiger partial charge in [0.2, 0.25) is 0 Å². The van der Waals surface area contributed by atoms with E-state index in [1.54, 1.807) is 0 Å². The quantitative estimate of drug-likeness (QED) is 0.336. The molecule has 0 aromatic carbocycles. The van der Waals surface area contributed by atoms with Crippen LogP contribution in [0.3, 0.4) is 0 Å². The summed E-state index contributed by atoms with van der Waals surface area (Å²) in [5.74, 6) is 6.18. The van der Waals surface area contributed by atoms with Gasteiger partial charge in [-0.05, 0) is 110 Å². The number of hydrogen-bond acceptors (Lipinski definition) is 2. The molecule has 0 spiro atoms. The summed E-state index contributed by atoms with van der Waals surface area (Å²) in [5.41, 5.74) is 2.14. The number of carbonyl (C=O) groups excluding carboxylic acids is 1. The van der Waals surface area contributed by atoms with E-state index in [0.29, 0.717) is 17.3 Å². The number of ether oxygens (including phenoxy) is 1. The highest BCUT2D eigenvalue weighted by Crippen LogP contribution is 2.68. The average Bonchev–Trinajstić information content (AvgIpc) is 3.15. The first-order valence-electron chi connectivity index (χ1n) is 15.6. The van der Waals surface area contributed by atoms with E-state index in [1.165, 1.54) is 64.2 Å². The number of H-pyrrole nitrogens is 2. The number of esters is 1. The summed E-state index contributed by atoms with van der Waals surface area (Å²) in [6.45, 7) is 12.7. The normalized spacial score (nSPS) is 40.9. The van der Waals surface area contributed by atoms with Crippen molar-refractivity contribution in [2.75, 3.05) is 0 Å². The Bertz CT molecular complexity index is 863. The SMILES string of the molecule is CC(C)CCC[C@@H](C)[C@H]1CCC2C3CCC4CC(OC(=O)CCc5c[nH][nH]5)CC[C@]4(C)C3CC[C@@]21C. The summed E-state index contributed by atoms with van der Waals surface area (Å²) >= 11 is 0. The average molecular weight is 499 g/mol. The molecule has 2 N–H and O–H groups in total. The molecule has 5 rings (SSSR count). The van der Waals surface area contributed by atoms with E-state index in [9.17, 15) is 4.79 Å². The molecule has 4 fully saturated rings. The van der Waals surface area contributed by atoms with Crippen molar-refractivity contribution in [3.63, 3.8) is 0 Å². The second kappa shape index (κ2) is 10.5. The third-order valence-electron chi connectivity index (χ3n) is 12.2.